The van der Waals surface area contributed by atoms with Crippen LogP contribution in [0.5, 0.6) is 5.75 Å². The summed E-state index contributed by atoms with van der Waals surface area (Å²) in [5.74, 6) is -2.85. The van der Waals surface area contributed by atoms with Crippen molar-refractivity contribution >= 4 is 39.9 Å². The summed E-state index contributed by atoms with van der Waals surface area (Å²) < 4.78 is 23.7. The van der Waals surface area contributed by atoms with Crippen LogP contribution in [0.1, 0.15) is 39.5 Å². The number of halogens is 1. The van der Waals surface area contributed by atoms with Crippen molar-refractivity contribution in [1.29, 1.82) is 0 Å². The van der Waals surface area contributed by atoms with Crippen molar-refractivity contribution in [3.8, 4) is 5.75 Å². The summed E-state index contributed by atoms with van der Waals surface area (Å²) >= 11 is 0.917. The van der Waals surface area contributed by atoms with Crippen molar-refractivity contribution in [3.05, 3.63) is 81.6 Å². The third kappa shape index (κ3) is 4.40. The molecule has 0 radical (unpaired) electrons. The highest BCUT2D eigenvalue weighted by Crippen LogP contribution is 2.44. The molecule has 1 amide bonds. The minimum Gasteiger partial charge on any atom is -0.507 e. The van der Waals surface area contributed by atoms with Gasteiger partial charge in [-0.15, -0.1) is 0 Å². The molecular weight excluding hydrogens is 475 g/mol. The topological polar surface area (TPSA) is 106 Å². The fourth-order valence-corrected chi connectivity index (χ4v) is 4.75. The van der Waals surface area contributed by atoms with E-state index in [2.05, 4.69) is 4.98 Å². The first-order valence-electron chi connectivity index (χ1n) is 10.6. The van der Waals surface area contributed by atoms with Crippen LogP contribution in [0.3, 0.4) is 0 Å². The van der Waals surface area contributed by atoms with E-state index in [0.717, 1.165) is 28.4 Å². The van der Waals surface area contributed by atoms with Crippen LogP contribution in [0.15, 0.2) is 54.1 Å². The summed E-state index contributed by atoms with van der Waals surface area (Å²) in [4.78, 5) is 44.5. The minimum absolute atomic E-state index is 0.103. The first kappa shape index (κ1) is 24.1. The zero-order chi connectivity index (χ0) is 25.3. The summed E-state index contributed by atoms with van der Waals surface area (Å²) in [6, 6.07) is 10.5. The number of thiazole rings is 1. The second-order valence-corrected chi connectivity index (χ2v) is 8.56. The molecule has 180 valence electrons. The van der Waals surface area contributed by atoms with Gasteiger partial charge in [0.1, 0.15) is 22.2 Å². The molecular formula is C25H21FN2O6S. The number of aliphatic hydroxyl groups excluding tert-OH is 1. The van der Waals surface area contributed by atoms with E-state index in [4.69, 9.17) is 9.47 Å². The molecule has 3 aromatic rings. The van der Waals surface area contributed by atoms with E-state index in [1.54, 1.807) is 38.1 Å². The van der Waals surface area contributed by atoms with Gasteiger partial charge in [0.2, 0.25) is 0 Å². The number of esters is 1. The molecule has 1 aliphatic rings. The molecule has 0 unspecified atom stereocenters. The van der Waals surface area contributed by atoms with Gasteiger partial charge in [-0.1, -0.05) is 23.5 Å². The molecule has 4 rings (SSSR count). The number of nitrogens with zero attached hydrogens (tertiary/aromatic N) is 2. The van der Waals surface area contributed by atoms with Crippen LogP contribution in [0.25, 0.3) is 5.76 Å². The summed E-state index contributed by atoms with van der Waals surface area (Å²) in [7, 11) is 1.50. The van der Waals surface area contributed by atoms with Gasteiger partial charge in [-0.2, -0.15) is 0 Å². The molecule has 8 nitrogen and oxygen atoms in total. The van der Waals surface area contributed by atoms with Crippen LogP contribution in [-0.4, -0.2) is 41.5 Å². The number of aromatic nitrogens is 1. The Labute approximate surface area is 204 Å². The van der Waals surface area contributed by atoms with E-state index in [9.17, 15) is 23.9 Å². The molecule has 0 spiro atoms. The molecule has 1 N–H and O–H groups in total. The van der Waals surface area contributed by atoms with Crippen LogP contribution < -0.4 is 9.64 Å². The molecule has 0 bridgehead atoms. The Bertz CT molecular complexity index is 1330. The summed E-state index contributed by atoms with van der Waals surface area (Å²) in [6.45, 7) is 3.44. The normalized spacial score (nSPS) is 17.0. The van der Waals surface area contributed by atoms with Gasteiger partial charge in [-0.05, 0) is 55.8 Å². The number of Topliss-reactive ketones (excluding diaryl/α,β-unsaturated/α-hetero) is 1. The van der Waals surface area contributed by atoms with Gasteiger partial charge in [0.25, 0.3) is 5.78 Å². The third-order valence-electron chi connectivity index (χ3n) is 5.45. The molecule has 0 aliphatic carbocycles. The largest absolute Gasteiger partial charge is 0.507 e. The SMILES string of the molecule is CCOC(=O)c1sc(N2C(=O)C(=O)C(=C(O)c3ccc(F)cc3)[C@@H]2c2ccc(OC)cc2)nc1C. The minimum atomic E-state index is -1.05. The van der Waals surface area contributed by atoms with Gasteiger partial charge in [-0.25, -0.2) is 14.2 Å². The second-order valence-electron chi connectivity index (χ2n) is 7.58. The Morgan fingerprint density at radius 1 is 1.14 bits per heavy atom. The van der Waals surface area contributed by atoms with Crippen molar-refractivity contribution in [2.45, 2.75) is 19.9 Å². The Balaban J connectivity index is 1.90. The highest BCUT2D eigenvalue weighted by molar-refractivity contribution is 7.17. The predicted octanol–water partition coefficient (Wildman–Crippen LogP) is 4.40. The number of methoxy groups -OCH3 is 1. The van der Waals surface area contributed by atoms with Crippen LogP contribution in [-0.2, 0) is 14.3 Å². The van der Waals surface area contributed by atoms with Crippen molar-refractivity contribution in [2.75, 3.05) is 18.6 Å². The smallest absolute Gasteiger partial charge is 0.350 e. The Hall–Kier alpha value is -4.05. The lowest BCUT2D eigenvalue weighted by Crippen LogP contribution is -2.29. The molecule has 35 heavy (non-hydrogen) atoms. The van der Waals surface area contributed by atoms with Gasteiger partial charge >= 0.3 is 11.9 Å². The standard InChI is InChI=1S/C25H21FN2O6S/c1-4-34-24(32)22-13(2)27-25(35-22)28-19(14-7-11-17(33-3)12-8-14)18(21(30)23(28)31)20(29)15-5-9-16(26)10-6-15/h5-12,19,29H,4H2,1-3H3/t19-/m0/s1. The van der Waals surface area contributed by atoms with Gasteiger partial charge in [0.05, 0.1) is 31.0 Å². The van der Waals surface area contributed by atoms with E-state index in [0.29, 0.717) is 17.0 Å². The number of benzene rings is 2. The van der Waals surface area contributed by atoms with Crippen LogP contribution in [0.4, 0.5) is 9.52 Å². The Kier molecular flexibility index (Phi) is 6.65. The first-order valence-corrected chi connectivity index (χ1v) is 11.4. The molecule has 1 saturated heterocycles. The van der Waals surface area contributed by atoms with Crippen LogP contribution in [0, 0.1) is 12.7 Å². The zero-order valence-electron chi connectivity index (χ0n) is 19.1. The third-order valence-corrected chi connectivity index (χ3v) is 6.58. The van der Waals surface area contributed by atoms with Gasteiger partial charge in [0.15, 0.2) is 5.13 Å². The fourth-order valence-electron chi connectivity index (χ4n) is 3.77. The highest BCUT2D eigenvalue weighted by atomic mass is 32.1. The number of aryl methyl sites for hydroxylation is 1. The number of amides is 1. The lowest BCUT2D eigenvalue weighted by molar-refractivity contribution is -0.132. The molecule has 1 fully saturated rings. The molecule has 1 aromatic heterocycles. The maximum Gasteiger partial charge on any atom is 0.350 e. The summed E-state index contributed by atoms with van der Waals surface area (Å²) in [6.07, 6.45) is 0. The van der Waals surface area contributed by atoms with Crippen molar-refractivity contribution in [3.63, 3.8) is 0 Å². The summed E-state index contributed by atoms with van der Waals surface area (Å²) in [5, 5.41) is 11.2. The van der Waals surface area contributed by atoms with Gasteiger partial charge in [-0.3, -0.25) is 14.5 Å². The number of ketones is 1. The predicted molar refractivity (Wildman–Crippen MR) is 127 cm³/mol. The van der Waals surface area contributed by atoms with Gasteiger partial charge in [0, 0.05) is 5.56 Å². The van der Waals surface area contributed by atoms with E-state index in [1.807, 2.05) is 0 Å². The molecule has 0 saturated carbocycles. The van der Waals surface area contributed by atoms with Crippen molar-refractivity contribution in [2.24, 2.45) is 0 Å². The highest BCUT2D eigenvalue weighted by Gasteiger charge is 2.48. The molecule has 1 aliphatic heterocycles. The Morgan fingerprint density at radius 2 is 1.80 bits per heavy atom. The van der Waals surface area contributed by atoms with E-state index >= 15 is 0 Å². The average molecular weight is 497 g/mol. The fraction of sp³-hybridized carbons (Fsp3) is 0.200. The van der Waals surface area contributed by atoms with E-state index < -0.39 is 35.3 Å². The quantitative estimate of drug-likeness (QED) is 0.233. The maximum atomic E-state index is 13.4. The van der Waals surface area contributed by atoms with Crippen LogP contribution >= 0.6 is 11.3 Å². The zero-order valence-corrected chi connectivity index (χ0v) is 19.9. The number of hydrogen-bond donors (Lipinski definition) is 1. The lowest BCUT2D eigenvalue weighted by Gasteiger charge is -2.23. The average Bonchev–Trinajstić information content (AvgIpc) is 3.36. The number of rotatable bonds is 6. The van der Waals surface area contributed by atoms with Gasteiger partial charge < -0.3 is 14.6 Å². The monoisotopic (exact) mass is 496 g/mol. The van der Waals surface area contributed by atoms with Crippen LogP contribution in [0.2, 0.25) is 0 Å². The van der Waals surface area contributed by atoms with Crippen molar-refractivity contribution < 1.29 is 33.4 Å². The molecule has 10 heteroatoms. The number of anilines is 1. The second kappa shape index (κ2) is 9.67. The number of hydrogen-bond acceptors (Lipinski definition) is 8. The first-order chi connectivity index (χ1) is 16.8. The number of carbonyl (C=O) groups excluding carboxylic acids is 3. The number of carbonyl (C=O) groups is 3. The molecule has 2 aromatic carbocycles. The van der Waals surface area contributed by atoms with Crippen molar-refractivity contribution in [1.82, 2.24) is 4.98 Å². The van der Waals surface area contributed by atoms with E-state index in [-0.39, 0.29) is 27.8 Å². The Morgan fingerprint density at radius 3 is 2.40 bits per heavy atom. The molecule has 2 heterocycles. The number of aliphatic hydroxyl groups is 1. The summed E-state index contributed by atoms with van der Waals surface area (Å²) in [5.41, 5.74) is 0.833. The maximum absolute atomic E-state index is 13.4. The number of ether oxygens (including phenoxy) is 2. The van der Waals surface area contributed by atoms with E-state index in [1.165, 1.54) is 19.2 Å². The lowest BCUT2D eigenvalue weighted by atomic mass is 9.95. The molecule has 1 atom stereocenters.